The van der Waals surface area contributed by atoms with E-state index in [4.69, 9.17) is 5.73 Å². The van der Waals surface area contributed by atoms with Gasteiger partial charge in [-0.3, -0.25) is 5.10 Å². The molecule has 0 bridgehead atoms. The van der Waals surface area contributed by atoms with Crippen molar-refractivity contribution in [3.8, 4) is 11.3 Å². The molecule has 2 aromatic heterocycles. The second kappa shape index (κ2) is 4.30. The number of pyridine rings is 1. The zero-order valence-corrected chi connectivity index (χ0v) is 11.5. The van der Waals surface area contributed by atoms with Crippen LogP contribution in [0.5, 0.6) is 0 Å². The van der Waals surface area contributed by atoms with Gasteiger partial charge in [-0.2, -0.15) is 5.10 Å². The number of rotatable bonds is 3. The van der Waals surface area contributed by atoms with Crippen molar-refractivity contribution in [2.24, 2.45) is 0 Å². The topological polar surface area (TPSA) is 87.8 Å². The number of benzene rings is 1. The molecule has 5 nitrogen and oxygen atoms in total. The smallest absolute Gasteiger partial charge is 0.127 e. The molecule has 3 aromatic rings. The molecule has 1 aliphatic rings. The van der Waals surface area contributed by atoms with Crippen molar-refractivity contribution in [1.82, 2.24) is 15.2 Å². The number of aromatic amines is 1. The molecule has 0 spiro atoms. The van der Waals surface area contributed by atoms with Gasteiger partial charge in [0.15, 0.2) is 0 Å². The molecule has 4 rings (SSSR count). The zero-order chi connectivity index (χ0) is 14.4. The molecule has 0 saturated heterocycles. The maximum atomic E-state index is 9.58. The summed E-state index contributed by atoms with van der Waals surface area (Å²) in [6.07, 6.45) is 3.68. The Bertz CT molecular complexity index is 807. The summed E-state index contributed by atoms with van der Waals surface area (Å²) in [5.41, 5.74) is 9.78. The molecule has 1 aliphatic carbocycles. The summed E-state index contributed by atoms with van der Waals surface area (Å²) in [5.74, 6) is 0.524. The van der Waals surface area contributed by atoms with Crippen LogP contribution in [0.3, 0.4) is 0 Å². The summed E-state index contributed by atoms with van der Waals surface area (Å²) in [7, 11) is 0. The van der Waals surface area contributed by atoms with Crippen molar-refractivity contribution in [3.05, 3.63) is 42.1 Å². The summed E-state index contributed by atoms with van der Waals surface area (Å²) < 4.78 is 0. The second-order valence-corrected chi connectivity index (χ2v) is 5.74. The van der Waals surface area contributed by atoms with Gasteiger partial charge in [-0.1, -0.05) is 12.1 Å². The number of nitrogens with zero attached hydrogens (tertiary/aromatic N) is 2. The summed E-state index contributed by atoms with van der Waals surface area (Å²) in [6.45, 7) is 0.136. The lowest BCUT2D eigenvalue weighted by molar-refractivity contribution is 0.255. The van der Waals surface area contributed by atoms with Crippen LogP contribution < -0.4 is 5.73 Å². The van der Waals surface area contributed by atoms with Gasteiger partial charge in [-0.25, -0.2) is 4.98 Å². The first kappa shape index (κ1) is 12.3. The highest BCUT2D eigenvalue weighted by Gasteiger charge is 2.45. The SMILES string of the molecule is Nc1nc2cc(-c3ccn[nH]3)ccc2cc1C1(CO)CC1. The van der Waals surface area contributed by atoms with Gasteiger partial charge < -0.3 is 10.8 Å². The van der Waals surface area contributed by atoms with Gasteiger partial charge in [-0.15, -0.1) is 0 Å². The van der Waals surface area contributed by atoms with Crippen molar-refractivity contribution < 1.29 is 5.11 Å². The zero-order valence-electron chi connectivity index (χ0n) is 11.5. The fraction of sp³-hybridized carbons (Fsp3) is 0.250. The first-order chi connectivity index (χ1) is 10.2. The van der Waals surface area contributed by atoms with E-state index < -0.39 is 0 Å². The first-order valence-electron chi connectivity index (χ1n) is 7.03. The van der Waals surface area contributed by atoms with Crippen molar-refractivity contribution in [2.45, 2.75) is 18.3 Å². The van der Waals surface area contributed by atoms with E-state index in [0.29, 0.717) is 5.82 Å². The molecule has 1 fully saturated rings. The molecule has 5 heteroatoms. The average molecular weight is 280 g/mol. The van der Waals surface area contributed by atoms with E-state index in [-0.39, 0.29) is 12.0 Å². The molecule has 1 aromatic carbocycles. The van der Waals surface area contributed by atoms with Crippen LogP contribution >= 0.6 is 0 Å². The lowest BCUT2D eigenvalue weighted by Crippen LogP contribution is -2.15. The highest BCUT2D eigenvalue weighted by molar-refractivity contribution is 5.86. The van der Waals surface area contributed by atoms with E-state index in [2.05, 4.69) is 21.2 Å². The summed E-state index contributed by atoms with van der Waals surface area (Å²) in [4.78, 5) is 4.53. The number of nitrogens with two attached hydrogens (primary N) is 1. The molecule has 4 N–H and O–H groups in total. The molecule has 2 heterocycles. The summed E-state index contributed by atoms with van der Waals surface area (Å²) in [5, 5.41) is 17.5. The van der Waals surface area contributed by atoms with Gasteiger partial charge >= 0.3 is 0 Å². The second-order valence-electron chi connectivity index (χ2n) is 5.74. The molecule has 0 unspecified atom stereocenters. The van der Waals surface area contributed by atoms with Crippen molar-refractivity contribution in [2.75, 3.05) is 12.3 Å². The predicted octanol–water partition coefficient (Wildman–Crippen LogP) is 2.23. The van der Waals surface area contributed by atoms with Crippen molar-refractivity contribution >= 4 is 16.7 Å². The number of aliphatic hydroxyl groups is 1. The minimum Gasteiger partial charge on any atom is -0.395 e. The number of fused-ring (bicyclic) bond motifs is 1. The Morgan fingerprint density at radius 3 is 2.76 bits per heavy atom. The largest absolute Gasteiger partial charge is 0.395 e. The van der Waals surface area contributed by atoms with Gasteiger partial charge in [0.05, 0.1) is 17.8 Å². The van der Waals surface area contributed by atoms with Crippen LogP contribution in [-0.4, -0.2) is 26.9 Å². The predicted molar refractivity (Wildman–Crippen MR) is 81.7 cm³/mol. The Morgan fingerprint density at radius 2 is 2.10 bits per heavy atom. The maximum absolute atomic E-state index is 9.58. The van der Waals surface area contributed by atoms with Crippen LogP contribution in [0.2, 0.25) is 0 Å². The molecule has 21 heavy (non-hydrogen) atoms. The van der Waals surface area contributed by atoms with Crippen LogP contribution in [0.25, 0.3) is 22.2 Å². The van der Waals surface area contributed by atoms with Crippen LogP contribution in [0.1, 0.15) is 18.4 Å². The number of nitrogens with one attached hydrogen (secondary N) is 1. The Morgan fingerprint density at radius 1 is 1.24 bits per heavy atom. The number of nitrogen functional groups attached to an aromatic ring is 1. The number of aromatic nitrogens is 3. The Labute approximate surface area is 121 Å². The quantitative estimate of drug-likeness (QED) is 0.686. The van der Waals surface area contributed by atoms with Gasteiger partial charge in [-0.05, 0) is 31.0 Å². The first-order valence-corrected chi connectivity index (χ1v) is 7.03. The third kappa shape index (κ3) is 1.89. The van der Waals surface area contributed by atoms with Crippen LogP contribution in [0, 0.1) is 0 Å². The minimum absolute atomic E-state index is 0.136. The van der Waals surface area contributed by atoms with E-state index in [1.54, 1.807) is 6.20 Å². The lowest BCUT2D eigenvalue weighted by atomic mass is 9.95. The normalized spacial score (nSPS) is 16.2. The molecule has 0 radical (unpaired) electrons. The lowest BCUT2D eigenvalue weighted by Gasteiger charge is -2.15. The highest BCUT2D eigenvalue weighted by Crippen LogP contribution is 2.49. The molecule has 0 amide bonds. The fourth-order valence-electron chi connectivity index (χ4n) is 2.85. The average Bonchev–Trinajstić information content (AvgIpc) is 3.10. The number of hydrogen-bond acceptors (Lipinski definition) is 4. The van der Waals surface area contributed by atoms with E-state index in [9.17, 15) is 5.11 Å². The third-order valence-corrected chi connectivity index (χ3v) is 4.39. The van der Waals surface area contributed by atoms with Gasteiger partial charge in [0.25, 0.3) is 0 Å². The van der Waals surface area contributed by atoms with Gasteiger partial charge in [0.1, 0.15) is 5.82 Å². The number of hydrogen-bond donors (Lipinski definition) is 3. The Balaban J connectivity index is 1.85. The number of anilines is 1. The molecular weight excluding hydrogens is 264 g/mol. The maximum Gasteiger partial charge on any atom is 0.127 e. The van der Waals surface area contributed by atoms with E-state index in [0.717, 1.165) is 40.6 Å². The Kier molecular flexibility index (Phi) is 2.53. The standard InChI is InChI=1S/C16H16N4O/c17-15-12(16(9-21)4-5-16)7-10-1-2-11(8-14(10)19-15)13-3-6-18-20-13/h1-3,6-8,21H,4-5,9H2,(H2,17,19)(H,18,20). The van der Waals surface area contributed by atoms with Gasteiger partial charge in [0, 0.05) is 28.1 Å². The summed E-state index contributed by atoms with van der Waals surface area (Å²) >= 11 is 0. The fourth-order valence-corrected chi connectivity index (χ4v) is 2.85. The third-order valence-electron chi connectivity index (χ3n) is 4.39. The monoisotopic (exact) mass is 280 g/mol. The minimum atomic E-state index is -0.159. The van der Waals surface area contributed by atoms with Crippen LogP contribution in [0.4, 0.5) is 5.82 Å². The molecule has 0 aliphatic heterocycles. The van der Waals surface area contributed by atoms with Crippen molar-refractivity contribution in [1.29, 1.82) is 0 Å². The Hall–Kier alpha value is -2.40. The van der Waals surface area contributed by atoms with E-state index in [1.807, 2.05) is 24.3 Å². The van der Waals surface area contributed by atoms with E-state index in [1.165, 1.54) is 0 Å². The van der Waals surface area contributed by atoms with Crippen LogP contribution in [-0.2, 0) is 5.41 Å². The number of aliphatic hydroxyl groups excluding tert-OH is 1. The van der Waals surface area contributed by atoms with Gasteiger partial charge in [0.2, 0.25) is 0 Å². The number of H-pyrrole nitrogens is 1. The van der Waals surface area contributed by atoms with E-state index >= 15 is 0 Å². The molecule has 106 valence electrons. The molecular formula is C16H16N4O. The molecule has 1 saturated carbocycles. The van der Waals surface area contributed by atoms with Crippen molar-refractivity contribution in [3.63, 3.8) is 0 Å². The highest BCUT2D eigenvalue weighted by atomic mass is 16.3. The van der Waals surface area contributed by atoms with Crippen LogP contribution in [0.15, 0.2) is 36.5 Å². The summed E-state index contributed by atoms with van der Waals surface area (Å²) in [6, 6.07) is 10.1. The molecule has 0 atom stereocenters.